The molecule has 0 aliphatic carbocycles. The molecule has 8 nitrogen and oxygen atoms in total. The van der Waals surface area contributed by atoms with Gasteiger partial charge in [0.2, 0.25) is 5.84 Å². The van der Waals surface area contributed by atoms with E-state index in [4.69, 9.17) is 9.84 Å². The summed E-state index contributed by atoms with van der Waals surface area (Å²) in [6.07, 6.45) is 1.16. The minimum atomic E-state index is -0.841. The first kappa shape index (κ1) is 19.4. The zero-order chi connectivity index (χ0) is 17.7. The van der Waals surface area contributed by atoms with Crippen LogP contribution in [-0.4, -0.2) is 45.0 Å². The molecule has 0 radical (unpaired) electrons. The topological polar surface area (TPSA) is 105 Å². The van der Waals surface area contributed by atoms with Crippen molar-refractivity contribution in [1.29, 1.82) is 0 Å². The van der Waals surface area contributed by atoms with Crippen LogP contribution in [0.15, 0.2) is 4.40 Å². The second-order valence-electron chi connectivity index (χ2n) is 6.35. The molecule has 2 N–H and O–H groups in total. The monoisotopic (exact) mass is 346 g/mol. The first-order valence-corrected chi connectivity index (χ1v) is 8.22. The second-order valence-corrected chi connectivity index (χ2v) is 7.06. The normalized spacial score (nSPS) is 21.0. The van der Waals surface area contributed by atoms with Crippen LogP contribution in [0.5, 0.6) is 0 Å². The van der Waals surface area contributed by atoms with Gasteiger partial charge in [-0.3, -0.25) is 4.79 Å². The lowest BCUT2D eigenvalue weighted by atomic mass is 10.2. The standard InChI is InChI=1S/C14H23N3O5S/c1-10-16-23-13(21)17(10,9-7-5-6-8-11(18)19)15-12(20)22-14(2,3)4/h5-9H2,1-4H3,(H-,15,18,19,20)/p+1. The Morgan fingerprint density at radius 3 is 2.43 bits per heavy atom. The number of quaternary nitrogens is 1. The Labute approximate surface area is 140 Å². The van der Waals surface area contributed by atoms with Gasteiger partial charge in [-0.05, 0) is 40.0 Å². The van der Waals surface area contributed by atoms with E-state index >= 15 is 0 Å². The van der Waals surface area contributed by atoms with E-state index in [1.165, 1.54) is 0 Å². The third kappa shape index (κ3) is 5.83. The van der Waals surface area contributed by atoms with Crippen molar-refractivity contribution in [2.75, 3.05) is 6.54 Å². The number of aliphatic carboxylic acids is 1. The Hall–Kier alpha value is -1.61. The lowest BCUT2D eigenvalue weighted by molar-refractivity contribution is -0.790. The molecule has 0 saturated carbocycles. The number of carboxylic acids is 1. The molecule has 0 fully saturated rings. The molecule has 130 valence electrons. The van der Waals surface area contributed by atoms with Crippen molar-refractivity contribution in [2.45, 2.75) is 59.0 Å². The molecule has 1 heterocycles. The summed E-state index contributed by atoms with van der Waals surface area (Å²) in [5.41, 5.74) is 1.94. The molecule has 1 atom stereocenters. The van der Waals surface area contributed by atoms with Gasteiger partial charge in [-0.15, -0.1) is 0 Å². The number of hydrogen-bond acceptors (Lipinski definition) is 6. The largest absolute Gasteiger partial charge is 0.481 e. The van der Waals surface area contributed by atoms with Crippen LogP contribution in [0.4, 0.5) is 9.59 Å². The Morgan fingerprint density at radius 2 is 1.96 bits per heavy atom. The molecule has 0 aromatic rings. The molecular weight excluding hydrogens is 322 g/mol. The Morgan fingerprint density at radius 1 is 1.30 bits per heavy atom. The molecule has 9 heteroatoms. The number of nitrogens with zero attached hydrogens (tertiary/aromatic N) is 2. The molecule has 0 bridgehead atoms. The summed E-state index contributed by atoms with van der Waals surface area (Å²) in [4.78, 5) is 34.8. The zero-order valence-corrected chi connectivity index (χ0v) is 14.7. The van der Waals surface area contributed by atoms with Crippen LogP contribution >= 0.6 is 11.9 Å². The molecule has 0 spiro atoms. The van der Waals surface area contributed by atoms with E-state index in [9.17, 15) is 14.4 Å². The number of ether oxygens (including phenoxy) is 1. The SMILES string of the molecule is CC1=NSC(=O)[N+]1(CCCCCC(=O)O)NC(=O)OC(C)(C)C. The van der Waals surface area contributed by atoms with E-state index in [2.05, 4.69) is 9.82 Å². The van der Waals surface area contributed by atoms with Gasteiger partial charge in [0.05, 0.1) is 0 Å². The number of unbranched alkanes of at least 4 members (excludes halogenated alkanes) is 2. The first-order valence-electron chi connectivity index (χ1n) is 7.45. The Kier molecular flexibility index (Phi) is 6.57. The van der Waals surface area contributed by atoms with Gasteiger partial charge >= 0.3 is 17.3 Å². The molecule has 1 unspecified atom stereocenters. The lowest BCUT2D eigenvalue weighted by Gasteiger charge is -2.30. The second kappa shape index (κ2) is 7.78. The number of rotatable bonds is 7. The van der Waals surface area contributed by atoms with Crippen molar-refractivity contribution in [1.82, 2.24) is 5.43 Å². The number of hydrogen-bond donors (Lipinski definition) is 2. The van der Waals surface area contributed by atoms with Crippen molar-refractivity contribution in [3.63, 3.8) is 0 Å². The van der Waals surface area contributed by atoms with Gasteiger partial charge in [0, 0.05) is 13.3 Å². The third-order valence-electron chi connectivity index (χ3n) is 3.19. The third-order valence-corrected chi connectivity index (χ3v) is 4.01. The van der Waals surface area contributed by atoms with Crippen molar-refractivity contribution in [2.24, 2.45) is 4.40 Å². The number of carbonyl (C=O) groups excluding carboxylic acids is 2. The summed E-state index contributed by atoms with van der Waals surface area (Å²) in [5, 5.41) is 8.33. The maximum atomic E-state index is 12.2. The lowest BCUT2D eigenvalue weighted by Crippen LogP contribution is -2.64. The predicted octanol–water partition coefficient (Wildman–Crippen LogP) is 3.09. The van der Waals surface area contributed by atoms with Crippen LogP contribution in [0.1, 0.15) is 53.4 Å². The number of nitrogens with one attached hydrogen (secondary N) is 1. The highest BCUT2D eigenvalue weighted by Gasteiger charge is 2.48. The maximum Gasteiger partial charge on any atom is 0.453 e. The highest BCUT2D eigenvalue weighted by Crippen LogP contribution is 2.28. The maximum absolute atomic E-state index is 12.2. The van der Waals surface area contributed by atoms with Crippen LogP contribution in [0.2, 0.25) is 0 Å². The molecule has 23 heavy (non-hydrogen) atoms. The minimum Gasteiger partial charge on any atom is -0.481 e. The van der Waals surface area contributed by atoms with Crippen molar-refractivity contribution in [3.05, 3.63) is 0 Å². The highest BCUT2D eigenvalue weighted by molar-refractivity contribution is 8.12. The van der Waals surface area contributed by atoms with E-state index in [-0.39, 0.29) is 16.3 Å². The van der Waals surface area contributed by atoms with Gasteiger partial charge in [0.15, 0.2) is 0 Å². The summed E-state index contributed by atoms with van der Waals surface area (Å²) < 4.78 is 8.88. The molecular formula is C14H24N3O5S+. The van der Waals surface area contributed by atoms with Gasteiger partial charge in [0.25, 0.3) is 0 Å². The van der Waals surface area contributed by atoms with E-state index in [0.717, 1.165) is 11.9 Å². The van der Waals surface area contributed by atoms with Crippen LogP contribution < -0.4 is 5.43 Å². The summed E-state index contributed by atoms with van der Waals surface area (Å²) >= 11 is 0.798. The van der Waals surface area contributed by atoms with Gasteiger partial charge < -0.3 is 9.84 Å². The van der Waals surface area contributed by atoms with Crippen LogP contribution in [0.25, 0.3) is 0 Å². The minimum absolute atomic E-state index is 0.0925. The highest BCUT2D eigenvalue weighted by atomic mass is 32.2. The van der Waals surface area contributed by atoms with Gasteiger partial charge in [-0.2, -0.15) is 9.82 Å². The molecule has 0 saturated heterocycles. The summed E-state index contributed by atoms with van der Waals surface area (Å²) in [7, 11) is 0. The number of amides is 2. The number of carboxylic acid groups (broad SMARTS) is 1. The summed E-state index contributed by atoms with van der Waals surface area (Å²) in [5.74, 6) is -0.365. The molecule has 1 aliphatic rings. The van der Waals surface area contributed by atoms with Crippen molar-refractivity contribution < 1.29 is 28.8 Å². The van der Waals surface area contributed by atoms with Crippen LogP contribution in [-0.2, 0) is 9.53 Å². The fourth-order valence-electron chi connectivity index (χ4n) is 2.07. The van der Waals surface area contributed by atoms with Gasteiger partial charge in [-0.25, -0.2) is 9.59 Å². The molecule has 1 aliphatic heterocycles. The summed E-state index contributed by atoms with van der Waals surface area (Å²) in [6, 6.07) is 0. The number of carbonyl (C=O) groups is 3. The molecule has 2 amide bonds. The molecule has 0 aromatic carbocycles. The molecule has 1 rings (SSSR count). The number of amidine groups is 1. The quantitative estimate of drug-likeness (QED) is 0.417. The molecule has 0 aromatic heterocycles. The fraction of sp³-hybridized carbons (Fsp3) is 0.714. The Bertz CT molecular complexity index is 515. The predicted molar refractivity (Wildman–Crippen MR) is 86.7 cm³/mol. The average Bonchev–Trinajstić information content (AvgIpc) is 2.64. The van der Waals surface area contributed by atoms with Crippen LogP contribution in [0, 0.1) is 0 Å². The van der Waals surface area contributed by atoms with Gasteiger partial charge in [-0.1, -0.05) is 4.59 Å². The Balaban J connectivity index is 2.69. The average molecular weight is 346 g/mol. The smallest absolute Gasteiger partial charge is 0.453 e. The van der Waals surface area contributed by atoms with E-state index < -0.39 is 17.7 Å². The van der Waals surface area contributed by atoms with E-state index in [1.807, 2.05) is 0 Å². The van der Waals surface area contributed by atoms with E-state index in [1.54, 1.807) is 27.7 Å². The van der Waals surface area contributed by atoms with Crippen LogP contribution in [0.3, 0.4) is 0 Å². The summed E-state index contributed by atoms with van der Waals surface area (Å²) in [6.45, 7) is 7.21. The van der Waals surface area contributed by atoms with Gasteiger partial charge in [0.1, 0.15) is 24.1 Å². The van der Waals surface area contributed by atoms with Crippen molar-refractivity contribution in [3.8, 4) is 0 Å². The van der Waals surface area contributed by atoms with E-state index in [0.29, 0.717) is 31.6 Å². The van der Waals surface area contributed by atoms with Crippen molar-refractivity contribution >= 4 is 35.1 Å². The fourth-order valence-corrected chi connectivity index (χ4v) is 2.83. The first-order chi connectivity index (χ1) is 10.6. The zero-order valence-electron chi connectivity index (χ0n) is 13.9.